The predicted octanol–water partition coefficient (Wildman–Crippen LogP) is 1.15. The number of imidazole rings is 1. The Morgan fingerprint density at radius 3 is 3.05 bits per heavy atom. The minimum atomic E-state index is -0.480. The number of imide groups is 1. The van der Waals surface area contributed by atoms with Crippen LogP contribution in [-0.4, -0.2) is 26.3 Å². The molecule has 2 amide bonds. The number of hydrogen-bond acceptors (Lipinski definition) is 4. The molecule has 6 nitrogen and oxygen atoms in total. The molecule has 3 rings (SSSR count). The normalized spacial score (nSPS) is 19.7. The Labute approximate surface area is 113 Å². The molecule has 3 heterocycles. The molecule has 2 aromatic rings. The van der Waals surface area contributed by atoms with Crippen molar-refractivity contribution in [3.63, 3.8) is 0 Å². The first-order valence-electron chi connectivity index (χ1n) is 5.92. The van der Waals surface area contributed by atoms with Crippen molar-refractivity contribution < 1.29 is 9.59 Å². The Kier molecular flexibility index (Phi) is 2.94. The van der Waals surface area contributed by atoms with Crippen molar-refractivity contribution in [2.45, 2.75) is 24.8 Å². The molecule has 1 aliphatic heterocycles. The summed E-state index contributed by atoms with van der Waals surface area (Å²) in [7, 11) is 0. The van der Waals surface area contributed by atoms with Crippen molar-refractivity contribution in [1.82, 2.24) is 19.9 Å². The molecule has 1 N–H and O–H groups in total. The fraction of sp³-hybridized carbons (Fsp3) is 0.333. The SMILES string of the molecule is O=C1CCC(n2c(CCl)nc3cccnc32)C(=O)N1. The van der Waals surface area contributed by atoms with E-state index in [2.05, 4.69) is 15.3 Å². The molecule has 0 aromatic carbocycles. The van der Waals surface area contributed by atoms with Gasteiger partial charge < -0.3 is 0 Å². The second-order valence-corrected chi connectivity index (χ2v) is 4.61. The number of nitrogens with zero attached hydrogens (tertiary/aromatic N) is 3. The van der Waals surface area contributed by atoms with Gasteiger partial charge in [-0.25, -0.2) is 9.97 Å². The van der Waals surface area contributed by atoms with Gasteiger partial charge in [0.25, 0.3) is 0 Å². The van der Waals surface area contributed by atoms with Crippen LogP contribution in [0, 0.1) is 0 Å². The van der Waals surface area contributed by atoms with Gasteiger partial charge in [0.1, 0.15) is 17.4 Å². The van der Waals surface area contributed by atoms with Crippen LogP contribution in [0.15, 0.2) is 18.3 Å². The van der Waals surface area contributed by atoms with Crippen LogP contribution in [-0.2, 0) is 15.5 Å². The highest BCUT2D eigenvalue weighted by atomic mass is 35.5. The summed E-state index contributed by atoms with van der Waals surface area (Å²) in [6, 6.07) is 3.12. The third kappa shape index (κ3) is 1.98. The van der Waals surface area contributed by atoms with E-state index in [9.17, 15) is 9.59 Å². The number of carbonyl (C=O) groups excluding carboxylic acids is 2. The number of rotatable bonds is 2. The minimum absolute atomic E-state index is 0.189. The van der Waals surface area contributed by atoms with Crippen molar-refractivity contribution >= 4 is 34.6 Å². The van der Waals surface area contributed by atoms with Crippen LogP contribution in [0.4, 0.5) is 0 Å². The molecule has 1 aliphatic rings. The van der Waals surface area contributed by atoms with E-state index in [0.29, 0.717) is 29.8 Å². The summed E-state index contributed by atoms with van der Waals surface area (Å²) in [6.45, 7) is 0. The zero-order chi connectivity index (χ0) is 13.4. The van der Waals surface area contributed by atoms with Crippen molar-refractivity contribution in [1.29, 1.82) is 0 Å². The van der Waals surface area contributed by atoms with Crippen LogP contribution < -0.4 is 5.32 Å². The standard InChI is InChI=1S/C12H11ClN4O2/c13-6-9-15-7-2-1-5-14-11(7)17(9)8-3-4-10(18)16-12(8)19/h1-2,5,8H,3-4,6H2,(H,16,18,19). The highest BCUT2D eigenvalue weighted by molar-refractivity contribution is 6.17. The van der Waals surface area contributed by atoms with Gasteiger partial charge in [-0.2, -0.15) is 0 Å². The number of nitrogens with one attached hydrogen (secondary N) is 1. The fourth-order valence-electron chi connectivity index (χ4n) is 2.33. The molecular formula is C12H11ClN4O2. The van der Waals surface area contributed by atoms with Gasteiger partial charge in [0.2, 0.25) is 11.8 Å². The molecule has 1 unspecified atom stereocenters. The van der Waals surface area contributed by atoms with Gasteiger partial charge in [-0.05, 0) is 18.6 Å². The van der Waals surface area contributed by atoms with Crippen molar-refractivity contribution in [2.75, 3.05) is 0 Å². The van der Waals surface area contributed by atoms with Crippen molar-refractivity contribution in [3.8, 4) is 0 Å². The number of amides is 2. The molecule has 0 bridgehead atoms. The van der Waals surface area contributed by atoms with E-state index in [0.717, 1.165) is 0 Å². The molecule has 98 valence electrons. The lowest BCUT2D eigenvalue weighted by Crippen LogP contribution is -2.42. The molecule has 1 saturated heterocycles. The Morgan fingerprint density at radius 2 is 2.32 bits per heavy atom. The van der Waals surface area contributed by atoms with Gasteiger partial charge in [0.05, 0.1) is 5.88 Å². The number of halogens is 1. The Balaban J connectivity index is 2.13. The summed E-state index contributed by atoms with van der Waals surface area (Å²) in [5, 5.41) is 2.34. The summed E-state index contributed by atoms with van der Waals surface area (Å²) in [5.74, 6) is 0.206. The summed E-state index contributed by atoms with van der Waals surface area (Å²) in [5.41, 5.74) is 1.32. The zero-order valence-electron chi connectivity index (χ0n) is 9.97. The van der Waals surface area contributed by atoms with Crippen LogP contribution >= 0.6 is 11.6 Å². The molecular weight excluding hydrogens is 268 g/mol. The number of aromatic nitrogens is 3. The van der Waals surface area contributed by atoms with Gasteiger partial charge in [-0.1, -0.05) is 0 Å². The van der Waals surface area contributed by atoms with Crippen LogP contribution in [0.2, 0.25) is 0 Å². The van der Waals surface area contributed by atoms with E-state index in [-0.39, 0.29) is 17.7 Å². The van der Waals surface area contributed by atoms with Crippen LogP contribution in [0.3, 0.4) is 0 Å². The lowest BCUT2D eigenvalue weighted by Gasteiger charge is -2.23. The summed E-state index contributed by atoms with van der Waals surface area (Å²) in [6.07, 6.45) is 2.39. The molecule has 7 heteroatoms. The molecule has 1 fully saturated rings. The van der Waals surface area contributed by atoms with E-state index >= 15 is 0 Å². The second-order valence-electron chi connectivity index (χ2n) is 4.34. The quantitative estimate of drug-likeness (QED) is 0.660. The molecule has 0 spiro atoms. The maximum atomic E-state index is 12.0. The molecule has 0 saturated carbocycles. The predicted molar refractivity (Wildman–Crippen MR) is 68.5 cm³/mol. The summed E-state index contributed by atoms with van der Waals surface area (Å²) >= 11 is 5.89. The Hall–Kier alpha value is -1.95. The molecule has 0 radical (unpaired) electrons. The van der Waals surface area contributed by atoms with Gasteiger partial charge in [-0.15, -0.1) is 11.6 Å². The zero-order valence-corrected chi connectivity index (χ0v) is 10.7. The Bertz CT molecular complexity index is 667. The van der Waals surface area contributed by atoms with Gasteiger partial charge in [-0.3, -0.25) is 19.5 Å². The number of pyridine rings is 1. The number of hydrogen-bond donors (Lipinski definition) is 1. The lowest BCUT2D eigenvalue weighted by atomic mass is 10.1. The van der Waals surface area contributed by atoms with Gasteiger partial charge >= 0.3 is 0 Å². The average molecular weight is 279 g/mol. The van der Waals surface area contributed by atoms with Crippen LogP contribution in [0.5, 0.6) is 0 Å². The number of fused-ring (bicyclic) bond motifs is 1. The number of alkyl halides is 1. The van der Waals surface area contributed by atoms with E-state index in [1.54, 1.807) is 16.8 Å². The second kappa shape index (κ2) is 4.62. The van der Waals surface area contributed by atoms with Gasteiger partial charge in [0.15, 0.2) is 5.65 Å². The van der Waals surface area contributed by atoms with E-state index in [4.69, 9.17) is 11.6 Å². The maximum Gasteiger partial charge on any atom is 0.249 e. The topological polar surface area (TPSA) is 76.9 Å². The van der Waals surface area contributed by atoms with Crippen LogP contribution in [0.25, 0.3) is 11.2 Å². The largest absolute Gasteiger partial charge is 0.299 e. The first-order valence-corrected chi connectivity index (χ1v) is 6.45. The maximum absolute atomic E-state index is 12.0. The van der Waals surface area contributed by atoms with Gasteiger partial charge in [0, 0.05) is 12.6 Å². The molecule has 19 heavy (non-hydrogen) atoms. The van der Waals surface area contributed by atoms with E-state index in [1.807, 2.05) is 6.07 Å². The van der Waals surface area contributed by atoms with E-state index < -0.39 is 6.04 Å². The van der Waals surface area contributed by atoms with Crippen molar-refractivity contribution in [3.05, 3.63) is 24.2 Å². The van der Waals surface area contributed by atoms with E-state index in [1.165, 1.54) is 0 Å². The first-order chi connectivity index (χ1) is 9.20. The summed E-state index contributed by atoms with van der Waals surface area (Å²) in [4.78, 5) is 31.8. The number of piperidine rings is 1. The van der Waals surface area contributed by atoms with Crippen molar-refractivity contribution in [2.24, 2.45) is 0 Å². The van der Waals surface area contributed by atoms with Crippen LogP contribution in [0.1, 0.15) is 24.7 Å². The highest BCUT2D eigenvalue weighted by Gasteiger charge is 2.31. The highest BCUT2D eigenvalue weighted by Crippen LogP contribution is 2.26. The molecule has 0 aliphatic carbocycles. The molecule has 2 aromatic heterocycles. The lowest BCUT2D eigenvalue weighted by molar-refractivity contribution is -0.135. The third-order valence-corrected chi connectivity index (χ3v) is 3.40. The Morgan fingerprint density at radius 1 is 1.47 bits per heavy atom. The minimum Gasteiger partial charge on any atom is -0.299 e. The summed E-state index contributed by atoms with van der Waals surface area (Å²) < 4.78 is 1.73. The average Bonchev–Trinajstić information content (AvgIpc) is 2.77. The fourth-order valence-corrected chi connectivity index (χ4v) is 2.52. The first kappa shape index (κ1) is 12.1. The molecule has 1 atom stereocenters. The smallest absolute Gasteiger partial charge is 0.249 e. The monoisotopic (exact) mass is 278 g/mol. The third-order valence-electron chi connectivity index (χ3n) is 3.16. The number of carbonyl (C=O) groups is 2.